The molecule has 208 valence electrons. The lowest BCUT2D eigenvalue weighted by Gasteiger charge is -2.38. The number of thiocarbonyl (C=S) groups is 1. The summed E-state index contributed by atoms with van der Waals surface area (Å²) >= 11 is 5.53. The Balaban J connectivity index is 0.00000420. The highest BCUT2D eigenvalue weighted by Crippen LogP contribution is 2.44. The fraction of sp³-hybridized carbons (Fsp3) is 0.333. The van der Waals surface area contributed by atoms with Crippen LogP contribution in [0.1, 0.15) is 47.6 Å². The van der Waals surface area contributed by atoms with Crippen LogP contribution in [0.5, 0.6) is 17.2 Å². The zero-order valence-electron chi connectivity index (χ0n) is 22.8. The predicted molar refractivity (Wildman–Crippen MR) is 165 cm³/mol. The third-order valence-corrected chi connectivity index (χ3v) is 7.44. The van der Waals surface area contributed by atoms with Crippen LogP contribution in [0, 0.1) is 20.8 Å². The summed E-state index contributed by atoms with van der Waals surface area (Å²) in [5, 5.41) is 13.7. The van der Waals surface area contributed by atoms with Gasteiger partial charge in [0.25, 0.3) is 0 Å². The van der Waals surface area contributed by atoms with Gasteiger partial charge in [-0.2, -0.15) is 0 Å². The molecule has 1 aliphatic rings. The van der Waals surface area contributed by atoms with Crippen LogP contribution in [0.4, 0.5) is 11.4 Å². The summed E-state index contributed by atoms with van der Waals surface area (Å²) < 4.78 is 12.6. The minimum Gasteiger partial charge on any atom is -0.507 e. The Morgan fingerprint density at radius 2 is 1.72 bits per heavy atom. The Kier molecular flexibility index (Phi) is 9.69. The van der Waals surface area contributed by atoms with Crippen LogP contribution in [0.15, 0.2) is 53.5 Å². The number of ether oxygens (including phenoxy) is 2. The lowest BCUT2D eigenvalue weighted by atomic mass is 9.86. The quantitative estimate of drug-likeness (QED) is 0.146. The lowest BCUT2D eigenvalue weighted by molar-refractivity contribution is 0.0412. The summed E-state index contributed by atoms with van der Waals surface area (Å²) in [5.41, 5.74) is 17.1. The van der Waals surface area contributed by atoms with Crippen molar-refractivity contribution in [2.75, 3.05) is 11.9 Å². The molecule has 1 atom stereocenters. The van der Waals surface area contributed by atoms with Gasteiger partial charge in [-0.15, -0.1) is 12.4 Å². The maximum Gasteiger partial charge on any atom is 0.191 e. The molecule has 0 fully saturated rings. The van der Waals surface area contributed by atoms with Gasteiger partial charge in [0.15, 0.2) is 5.96 Å². The van der Waals surface area contributed by atoms with E-state index in [1.807, 2.05) is 69.3 Å². The molecule has 4 rings (SSSR count). The SMILES string of the molecule is Cc1c(C)c2c(c(C)c1O)CCC(C)(CCOc1ccc(NC(=S)Cc3ccc(N=C(N)N)cc3)cc1)O2.Cl. The van der Waals surface area contributed by atoms with Gasteiger partial charge in [0.05, 0.1) is 17.3 Å². The molecule has 9 heteroatoms. The smallest absolute Gasteiger partial charge is 0.191 e. The van der Waals surface area contributed by atoms with Crippen molar-refractivity contribution in [1.82, 2.24) is 0 Å². The van der Waals surface area contributed by atoms with Crippen molar-refractivity contribution in [2.24, 2.45) is 16.5 Å². The largest absolute Gasteiger partial charge is 0.507 e. The van der Waals surface area contributed by atoms with Gasteiger partial charge in [-0.05, 0) is 99.2 Å². The fourth-order valence-corrected chi connectivity index (χ4v) is 5.00. The van der Waals surface area contributed by atoms with E-state index in [0.29, 0.717) is 29.5 Å². The molecule has 0 aromatic heterocycles. The van der Waals surface area contributed by atoms with Crippen molar-refractivity contribution >= 4 is 46.9 Å². The predicted octanol–water partition coefficient (Wildman–Crippen LogP) is 6.18. The minimum absolute atomic E-state index is 0. The molecule has 1 unspecified atom stereocenters. The molecule has 7 nitrogen and oxygen atoms in total. The fourth-order valence-electron chi connectivity index (χ4n) is 4.72. The normalized spacial score (nSPS) is 15.8. The van der Waals surface area contributed by atoms with Crippen LogP contribution in [0.3, 0.4) is 0 Å². The summed E-state index contributed by atoms with van der Waals surface area (Å²) in [6, 6.07) is 15.4. The maximum atomic E-state index is 10.4. The van der Waals surface area contributed by atoms with E-state index in [-0.39, 0.29) is 24.0 Å². The number of phenolic OH excluding ortho intramolecular Hbond substituents is 1. The van der Waals surface area contributed by atoms with Crippen LogP contribution >= 0.6 is 24.6 Å². The number of anilines is 1. The number of guanidine groups is 1. The van der Waals surface area contributed by atoms with Gasteiger partial charge in [-0.25, -0.2) is 4.99 Å². The molecule has 0 spiro atoms. The number of rotatable bonds is 8. The van der Waals surface area contributed by atoms with Gasteiger partial charge in [0, 0.05) is 24.1 Å². The number of halogens is 1. The number of nitrogens with one attached hydrogen (secondary N) is 1. The third kappa shape index (κ3) is 7.34. The van der Waals surface area contributed by atoms with Crippen molar-refractivity contribution in [1.29, 1.82) is 0 Å². The summed E-state index contributed by atoms with van der Waals surface area (Å²) in [4.78, 5) is 4.74. The molecular formula is C30H37ClN4O3S. The standard InChI is InChI=1S/C30H36N4O3S.ClH/c1-18-19(2)28-25(20(3)27(18)35)13-14-30(4,37-28)15-16-36-24-11-9-22(10-12-24)33-26(38)17-21-5-7-23(8-6-21)34-29(31)32;/h5-12,35H,13-17H2,1-4H3,(H,33,38)(H4,31,32,34);1H. The first kappa shape index (κ1) is 30.1. The molecule has 3 aromatic carbocycles. The van der Waals surface area contributed by atoms with Crippen molar-refractivity contribution in [3.05, 3.63) is 76.3 Å². The third-order valence-electron chi connectivity index (χ3n) is 7.19. The number of phenols is 1. The van der Waals surface area contributed by atoms with E-state index in [4.69, 9.17) is 33.2 Å². The van der Waals surface area contributed by atoms with E-state index in [9.17, 15) is 5.11 Å². The van der Waals surface area contributed by atoms with Crippen LogP contribution in [-0.2, 0) is 12.8 Å². The van der Waals surface area contributed by atoms with Gasteiger partial charge >= 0.3 is 0 Å². The number of hydrogen-bond donors (Lipinski definition) is 4. The maximum absolute atomic E-state index is 10.4. The Morgan fingerprint density at radius 3 is 2.36 bits per heavy atom. The summed E-state index contributed by atoms with van der Waals surface area (Å²) in [6.45, 7) is 8.60. The monoisotopic (exact) mass is 568 g/mol. The van der Waals surface area contributed by atoms with E-state index in [1.165, 1.54) is 0 Å². The number of nitrogens with two attached hydrogens (primary N) is 2. The first-order chi connectivity index (χ1) is 18.0. The Hall–Kier alpha value is -3.49. The van der Waals surface area contributed by atoms with E-state index >= 15 is 0 Å². The molecule has 0 saturated heterocycles. The molecule has 6 N–H and O–H groups in total. The summed E-state index contributed by atoms with van der Waals surface area (Å²) in [7, 11) is 0. The Morgan fingerprint density at radius 1 is 1.05 bits per heavy atom. The molecule has 0 amide bonds. The van der Waals surface area contributed by atoms with Crippen molar-refractivity contribution in [2.45, 2.75) is 59.0 Å². The Labute approximate surface area is 242 Å². The van der Waals surface area contributed by atoms with E-state index in [2.05, 4.69) is 17.2 Å². The Bertz CT molecular complexity index is 1360. The summed E-state index contributed by atoms with van der Waals surface area (Å²) in [6.07, 6.45) is 3.13. The number of benzene rings is 3. The zero-order valence-corrected chi connectivity index (χ0v) is 24.5. The molecule has 1 aliphatic heterocycles. The highest BCUT2D eigenvalue weighted by atomic mass is 35.5. The molecule has 0 radical (unpaired) electrons. The zero-order chi connectivity index (χ0) is 27.4. The molecule has 1 heterocycles. The average molecular weight is 569 g/mol. The van der Waals surface area contributed by atoms with E-state index < -0.39 is 0 Å². The average Bonchev–Trinajstić information content (AvgIpc) is 2.88. The van der Waals surface area contributed by atoms with Crippen molar-refractivity contribution < 1.29 is 14.6 Å². The number of aliphatic imine (C=N–C) groups is 1. The molecule has 0 aliphatic carbocycles. The topological polar surface area (TPSA) is 115 Å². The number of nitrogens with zero attached hydrogens (tertiary/aromatic N) is 1. The van der Waals surface area contributed by atoms with Crippen molar-refractivity contribution in [3.8, 4) is 17.2 Å². The molecular weight excluding hydrogens is 532 g/mol. The number of fused-ring (bicyclic) bond motifs is 1. The second-order valence-electron chi connectivity index (χ2n) is 10.1. The molecule has 0 bridgehead atoms. The van der Waals surface area contributed by atoms with Gasteiger partial charge in [-0.1, -0.05) is 24.4 Å². The highest BCUT2D eigenvalue weighted by Gasteiger charge is 2.34. The van der Waals surface area contributed by atoms with Crippen LogP contribution in [0.25, 0.3) is 0 Å². The van der Waals surface area contributed by atoms with E-state index in [0.717, 1.165) is 64.3 Å². The van der Waals surface area contributed by atoms with Gasteiger partial charge in [-0.3, -0.25) is 0 Å². The molecule has 39 heavy (non-hydrogen) atoms. The van der Waals surface area contributed by atoms with Crippen LogP contribution < -0.4 is 26.3 Å². The summed E-state index contributed by atoms with van der Waals surface area (Å²) in [5.74, 6) is 2.13. The van der Waals surface area contributed by atoms with Gasteiger partial charge in [0.1, 0.15) is 22.8 Å². The molecule has 0 saturated carbocycles. The number of hydrogen-bond acceptors (Lipinski definition) is 5. The number of aromatic hydroxyl groups is 1. The first-order valence-corrected chi connectivity index (χ1v) is 13.2. The second-order valence-corrected chi connectivity index (χ2v) is 10.6. The van der Waals surface area contributed by atoms with Crippen molar-refractivity contribution in [3.63, 3.8) is 0 Å². The minimum atomic E-state index is -0.317. The lowest BCUT2D eigenvalue weighted by Crippen LogP contribution is -2.38. The van der Waals surface area contributed by atoms with Gasteiger partial charge < -0.3 is 31.4 Å². The van der Waals surface area contributed by atoms with E-state index in [1.54, 1.807) is 0 Å². The first-order valence-electron chi connectivity index (χ1n) is 12.8. The van der Waals surface area contributed by atoms with Crippen LogP contribution in [0.2, 0.25) is 0 Å². The highest BCUT2D eigenvalue weighted by molar-refractivity contribution is 7.80. The van der Waals surface area contributed by atoms with Crippen LogP contribution in [-0.4, -0.2) is 28.3 Å². The molecule has 3 aromatic rings. The second kappa shape index (κ2) is 12.6. The van der Waals surface area contributed by atoms with Gasteiger partial charge in [0.2, 0.25) is 0 Å².